The highest BCUT2D eigenvalue weighted by Crippen LogP contribution is 2.18. The first-order valence-corrected chi connectivity index (χ1v) is 6.50. The van der Waals surface area contributed by atoms with E-state index in [1.807, 2.05) is 0 Å². The van der Waals surface area contributed by atoms with Crippen LogP contribution < -0.4 is 5.32 Å². The minimum atomic E-state index is -0.711. The van der Waals surface area contributed by atoms with E-state index in [0.29, 0.717) is 31.8 Å². The molecule has 21 heavy (non-hydrogen) atoms. The summed E-state index contributed by atoms with van der Waals surface area (Å²) in [5.41, 5.74) is 7.60. The van der Waals surface area contributed by atoms with Crippen LogP contribution in [0.15, 0.2) is 17.0 Å². The number of hydrogen-bond acceptors (Lipinski definition) is 7. The topological polar surface area (TPSA) is 101 Å². The molecule has 1 rings (SSSR count). The molecule has 1 heterocycles. The summed E-state index contributed by atoms with van der Waals surface area (Å²) in [6.45, 7) is 0.824. The second kappa shape index (κ2) is 9.11. The Bertz CT molecular complexity index is 436. The van der Waals surface area contributed by atoms with Crippen molar-refractivity contribution in [1.29, 1.82) is 5.53 Å². The zero-order valence-electron chi connectivity index (χ0n) is 11.7. The van der Waals surface area contributed by atoms with Gasteiger partial charge in [0.15, 0.2) is 0 Å². The molecular formula is C14H20N4O3. The van der Waals surface area contributed by atoms with E-state index in [4.69, 9.17) is 28.2 Å². The predicted octanol–water partition coefficient (Wildman–Crippen LogP) is -0.515. The third-order valence-corrected chi connectivity index (χ3v) is 3.00. The van der Waals surface area contributed by atoms with Crippen LogP contribution in [0.3, 0.4) is 0 Å². The smallest absolute Gasteiger partial charge is 0.130 e. The molecule has 1 fully saturated rings. The molecule has 1 aliphatic heterocycles. The Morgan fingerprint density at radius 2 is 2.14 bits per heavy atom. The van der Waals surface area contributed by atoms with Crippen LogP contribution in [0.2, 0.25) is 0 Å². The van der Waals surface area contributed by atoms with Crippen LogP contribution in [0, 0.1) is 30.2 Å². The van der Waals surface area contributed by atoms with Gasteiger partial charge >= 0.3 is 0 Å². The lowest BCUT2D eigenvalue weighted by atomic mass is 10.2. The standard InChI is InChI=1S/C14H20N4O3/c1-3-5-18(6-4-2)9-11(17-15)8-16-14-7-12(20)13(10-19)21-14/h1-2,8,12-16,19-20H,5-7,9-10H2/b11-8-,17-15?. The highest BCUT2D eigenvalue weighted by Gasteiger charge is 2.32. The van der Waals surface area contributed by atoms with Crippen LogP contribution in [0.5, 0.6) is 0 Å². The van der Waals surface area contributed by atoms with Gasteiger partial charge in [0.25, 0.3) is 0 Å². The molecule has 1 aliphatic rings. The van der Waals surface area contributed by atoms with Crippen molar-refractivity contribution in [1.82, 2.24) is 10.2 Å². The maximum Gasteiger partial charge on any atom is 0.130 e. The first kappa shape index (κ1) is 17.2. The molecule has 0 aromatic heterocycles. The van der Waals surface area contributed by atoms with Crippen molar-refractivity contribution in [3.63, 3.8) is 0 Å². The normalized spacial score (nSPS) is 25.4. The molecule has 0 aromatic rings. The van der Waals surface area contributed by atoms with Gasteiger partial charge in [-0.15, -0.1) is 12.8 Å². The fraction of sp³-hybridized carbons (Fsp3) is 0.571. The zero-order chi connectivity index (χ0) is 15.7. The average molecular weight is 292 g/mol. The summed E-state index contributed by atoms with van der Waals surface area (Å²) in [5, 5.41) is 24.9. The van der Waals surface area contributed by atoms with E-state index in [2.05, 4.69) is 22.3 Å². The van der Waals surface area contributed by atoms with E-state index in [9.17, 15) is 5.11 Å². The predicted molar refractivity (Wildman–Crippen MR) is 76.8 cm³/mol. The van der Waals surface area contributed by atoms with Gasteiger partial charge in [-0.2, -0.15) is 5.11 Å². The molecule has 1 saturated heterocycles. The van der Waals surface area contributed by atoms with Crippen LogP contribution in [-0.2, 0) is 4.74 Å². The van der Waals surface area contributed by atoms with Crippen LogP contribution in [-0.4, -0.2) is 59.8 Å². The summed E-state index contributed by atoms with van der Waals surface area (Å²) in [5.74, 6) is 4.99. The van der Waals surface area contributed by atoms with Crippen molar-refractivity contribution in [2.75, 3.05) is 26.2 Å². The minimum Gasteiger partial charge on any atom is -0.394 e. The second-order valence-corrected chi connectivity index (χ2v) is 4.62. The van der Waals surface area contributed by atoms with Crippen LogP contribution in [0.4, 0.5) is 0 Å². The van der Waals surface area contributed by atoms with Gasteiger partial charge in [-0.1, -0.05) is 11.8 Å². The van der Waals surface area contributed by atoms with Gasteiger partial charge in [0.1, 0.15) is 12.3 Å². The minimum absolute atomic E-state index is 0.239. The second-order valence-electron chi connectivity index (χ2n) is 4.62. The number of nitrogens with zero attached hydrogens (tertiary/aromatic N) is 2. The van der Waals surface area contributed by atoms with Crippen LogP contribution >= 0.6 is 0 Å². The molecule has 3 unspecified atom stereocenters. The van der Waals surface area contributed by atoms with Crippen molar-refractivity contribution in [2.45, 2.75) is 24.9 Å². The summed E-state index contributed by atoms with van der Waals surface area (Å²) < 4.78 is 5.38. The molecular weight excluding hydrogens is 272 g/mol. The Balaban J connectivity index is 2.54. The number of rotatable bonds is 8. The number of terminal acetylenes is 2. The Kier molecular flexibility index (Phi) is 7.44. The molecule has 4 N–H and O–H groups in total. The van der Waals surface area contributed by atoms with E-state index in [1.165, 1.54) is 6.20 Å². The average Bonchev–Trinajstić information content (AvgIpc) is 2.84. The van der Waals surface area contributed by atoms with Crippen molar-refractivity contribution >= 4 is 0 Å². The third-order valence-electron chi connectivity index (χ3n) is 3.00. The van der Waals surface area contributed by atoms with E-state index >= 15 is 0 Å². The van der Waals surface area contributed by atoms with Crippen molar-refractivity contribution in [3.8, 4) is 24.7 Å². The van der Waals surface area contributed by atoms with E-state index in [1.54, 1.807) is 4.90 Å². The Morgan fingerprint density at radius 3 is 2.62 bits per heavy atom. The largest absolute Gasteiger partial charge is 0.394 e. The van der Waals surface area contributed by atoms with Crippen LogP contribution in [0.25, 0.3) is 0 Å². The monoisotopic (exact) mass is 292 g/mol. The molecule has 0 radical (unpaired) electrons. The maximum atomic E-state index is 9.61. The SMILES string of the molecule is C#CCN(CC#C)C/C(=C/NC1CC(O)C(CO)O1)N=N. The van der Waals surface area contributed by atoms with Crippen LogP contribution in [0.1, 0.15) is 6.42 Å². The quantitative estimate of drug-likeness (QED) is 0.356. The van der Waals surface area contributed by atoms with Gasteiger partial charge in [0, 0.05) is 19.2 Å². The summed E-state index contributed by atoms with van der Waals surface area (Å²) in [4.78, 5) is 1.78. The fourth-order valence-corrected chi connectivity index (χ4v) is 1.96. The third kappa shape index (κ3) is 5.54. The highest BCUT2D eigenvalue weighted by atomic mass is 16.5. The Morgan fingerprint density at radius 1 is 1.48 bits per heavy atom. The van der Waals surface area contributed by atoms with Gasteiger partial charge in [-0.25, -0.2) is 5.53 Å². The first-order chi connectivity index (χ1) is 10.1. The molecule has 0 spiro atoms. The Hall–Kier alpha value is -1.90. The Labute approximate surface area is 124 Å². The summed E-state index contributed by atoms with van der Waals surface area (Å²) in [6, 6.07) is 0. The van der Waals surface area contributed by atoms with E-state index < -0.39 is 18.4 Å². The summed E-state index contributed by atoms with van der Waals surface area (Å²) in [6.07, 6.45) is 10.7. The van der Waals surface area contributed by atoms with Gasteiger partial charge in [0.2, 0.25) is 0 Å². The van der Waals surface area contributed by atoms with E-state index in [-0.39, 0.29) is 6.61 Å². The maximum absolute atomic E-state index is 9.61. The number of ether oxygens (including phenoxy) is 1. The molecule has 7 nitrogen and oxygen atoms in total. The lowest BCUT2D eigenvalue weighted by molar-refractivity contribution is -0.0271. The van der Waals surface area contributed by atoms with Crippen molar-refractivity contribution < 1.29 is 14.9 Å². The molecule has 0 saturated carbocycles. The molecule has 0 aromatic carbocycles. The van der Waals surface area contributed by atoms with Crippen molar-refractivity contribution in [3.05, 3.63) is 11.9 Å². The van der Waals surface area contributed by atoms with Gasteiger partial charge in [0.05, 0.1) is 31.5 Å². The number of aliphatic hydroxyl groups is 2. The highest BCUT2D eigenvalue weighted by molar-refractivity contribution is 5.05. The fourth-order valence-electron chi connectivity index (χ4n) is 1.96. The van der Waals surface area contributed by atoms with E-state index in [0.717, 1.165) is 0 Å². The molecule has 0 bridgehead atoms. The number of hydrogen-bond donors (Lipinski definition) is 4. The summed E-state index contributed by atoms with van der Waals surface area (Å²) >= 11 is 0. The zero-order valence-corrected chi connectivity index (χ0v) is 11.7. The molecule has 0 aliphatic carbocycles. The molecule has 7 heteroatoms. The van der Waals surface area contributed by atoms with Gasteiger partial charge in [-0.05, 0) is 0 Å². The number of nitrogens with one attached hydrogen (secondary N) is 2. The van der Waals surface area contributed by atoms with Gasteiger partial charge in [-0.3, -0.25) is 4.90 Å². The lowest BCUT2D eigenvalue weighted by Gasteiger charge is -2.17. The molecule has 114 valence electrons. The number of aliphatic hydroxyl groups excluding tert-OH is 2. The van der Waals surface area contributed by atoms with Crippen molar-refractivity contribution in [2.24, 2.45) is 5.11 Å². The lowest BCUT2D eigenvalue weighted by Crippen LogP contribution is -2.29. The summed E-state index contributed by atoms with van der Waals surface area (Å²) in [7, 11) is 0. The molecule has 3 atom stereocenters. The van der Waals surface area contributed by atoms with Gasteiger partial charge < -0.3 is 20.3 Å². The molecule has 0 amide bonds. The first-order valence-electron chi connectivity index (χ1n) is 6.50.